The van der Waals surface area contributed by atoms with Crippen LogP contribution in [0, 0.1) is 13.8 Å². The molecule has 3 aromatic rings. The average Bonchev–Trinajstić information content (AvgIpc) is 3.03. The first-order valence-electron chi connectivity index (χ1n) is 8.45. The zero-order valence-corrected chi connectivity index (χ0v) is 18.2. The van der Waals surface area contributed by atoms with E-state index in [0.29, 0.717) is 17.1 Å². The molecule has 0 aliphatic heterocycles. The molecule has 0 bridgehead atoms. The molecular formula is C20H23Cl2N3OS. The van der Waals surface area contributed by atoms with Gasteiger partial charge < -0.3 is 4.90 Å². The van der Waals surface area contributed by atoms with Crippen molar-refractivity contribution in [1.82, 2.24) is 9.88 Å². The van der Waals surface area contributed by atoms with E-state index in [0.717, 1.165) is 27.5 Å². The molecule has 0 radical (unpaired) electrons. The SMILES string of the molecule is Cc1ccc2sc(N(CCN(C)C)C(=O)c3ccc(Cl)cc3)nc2c1C.Cl. The number of amides is 1. The number of halogens is 2. The molecule has 0 aliphatic carbocycles. The lowest BCUT2D eigenvalue weighted by Gasteiger charge is -2.22. The van der Waals surface area contributed by atoms with Crippen molar-refractivity contribution in [2.45, 2.75) is 13.8 Å². The Morgan fingerprint density at radius 1 is 1.07 bits per heavy atom. The van der Waals surface area contributed by atoms with Gasteiger partial charge in [0.2, 0.25) is 0 Å². The third-order valence-corrected chi connectivity index (χ3v) is 5.71. The van der Waals surface area contributed by atoms with Gasteiger partial charge in [0.15, 0.2) is 5.13 Å². The normalized spacial score (nSPS) is 10.9. The van der Waals surface area contributed by atoms with Crippen LogP contribution in [-0.2, 0) is 0 Å². The number of aryl methyl sites for hydroxylation is 2. The fourth-order valence-electron chi connectivity index (χ4n) is 2.66. The summed E-state index contributed by atoms with van der Waals surface area (Å²) in [5, 5.41) is 1.35. The average molecular weight is 424 g/mol. The minimum atomic E-state index is -0.0584. The van der Waals surface area contributed by atoms with Crippen LogP contribution in [0.4, 0.5) is 5.13 Å². The Morgan fingerprint density at radius 2 is 1.74 bits per heavy atom. The molecular weight excluding hydrogens is 401 g/mol. The first kappa shape index (κ1) is 21.6. The van der Waals surface area contributed by atoms with Crippen LogP contribution in [0.3, 0.4) is 0 Å². The standard InChI is InChI=1S/C20H22ClN3OS.ClH/c1-13-5-10-17-18(14(13)2)22-20(26-17)24(12-11-23(3)4)19(25)15-6-8-16(21)9-7-15;/h5-10H,11-12H2,1-4H3;1H. The van der Waals surface area contributed by atoms with Gasteiger partial charge in [-0.3, -0.25) is 9.69 Å². The Balaban J connectivity index is 0.00000261. The molecule has 3 rings (SSSR count). The van der Waals surface area contributed by atoms with Crippen LogP contribution in [0.1, 0.15) is 21.5 Å². The number of anilines is 1. The minimum Gasteiger partial charge on any atom is -0.308 e. The van der Waals surface area contributed by atoms with Crippen molar-refractivity contribution >= 4 is 56.6 Å². The zero-order chi connectivity index (χ0) is 18.8. The van der Waals surface area contributed by atoms with E-state index in [1.54, 1.807) is 40.5 Å². The van der Waals surface area contributed by atoms with E-state index >= 15 is 0 Å². The number of hydrogen-bond acceptors (Lipinski definition) is 4. The van der Waals surface area contributed by atoms with Crippen molar-refractivity contribution in [3.63, 3.8) is 0 Å². The lowest BCUT2D eigenvalue weighted by atomic mass is 10.1. The van der Waals surface area contributed by atoms with E-state index in [1.165, 1.54) is 5.56 Å². The summed E-state index contributed by atoms with van der Waals surface area (Å²) in [6.07, 6.45) is 0. The third-order valence-electron chi connectivity index (χ3n) is 4.41. The summed E-state index contributed by atoms with van der Waals surface area (Å²) in [5.74, 6) is -0.0584. The van der Waals surface area contributed by atoms with Crippen molar-refractivity contribution in [2.24, 2.45) is 0 Å². The third kappa shape index (κ3) is 4.79. The molecule has 1 aromatic heterocycles. The van der Waals surface area contributed by atoms with Gasteiger partial charge in [-0.25, -0.2) is 4.98 Å². The van der Waals surface area contributed by atoms with Crippen LogP contribution < -0.4 is 4.90 Å². The van der Waals surface area contributed by atoms with Gasteiger partial charge in [-0.2, -0.15) is 0 Å². The largest absolute Gasteiger partial charge is 0.308 e. The number of hydrogen-bond donors (Lipinski definition) is 0. The predicted molar refractivity (Wildman–Crippen MR) is 118 cm³/mol. The summed E-state index contributed by atoms with van der Waals surface area (Å²) in [6, 6.07) is 11.2. The fourth-order valence-corrected chi connectivity index (χ4v) is 3.84. The number of likely N-dealkylation sites (N-methyl/N-ethyl adjacent to an activating group) is 1. The van der Waals surface area contributed by atoms with Crippen LogP contribution in [0.5, 0.6) is 0 Å². The van der Waals surface area contributed by atoms with E-state index in [4.69, 9.17) is 16.6 Å². The Bertz CT molecular complexity index is 938. The predicted octanol–water partition coefficient (Wildman–Crippen LogP) is 5.20. The quantitative estimate of drug-likeness (QED) is 0.565. The Kier molecular flexibility index (Phi) is 7.23. The van der Waals surface area contributed by atoms with Crippen molar-refractivity contribution in [3.05, 3.63) is 58.1 Å². The minimum absolute atomic E-state index is 0. The summed E-state index contributed by atoms with van der Waals surface area (Å²) in [6.45, 7) is 5.49. The van der Waals surface area contributed by atoms with E-state index in [9.17, 15) is 4.79 Å². The lowest BCUT2D eigenvalue weighted by Crippen LogP contribution is -2.36. The van der Waals surface area contributed by atoms with Gasteiger partial charge in [0.1, 0.15) is 0 Å². The second-order valence-electron chi connectivity index (χ2n) is 6.62. The lowest BCUT2D eigenvalue weighted by molar-refractivity contribution is 0.0985. The van der Waals surface area contributed by atoms with Gasteiger partial charge in [-0.05, 0) is 69.4 Å². The molecule has 2 aromatic carbocycles. The molecule has 7 heteroatoms. The molecule has 0 unspecified atom stereocenters. The summed E-state index contributed by atoms with van der Waals surface area (Å²) in [4.78, 5) is 21.8. The second-order valence-corrected chi connectivity index (χ2v) is 8.06. The molecule has 27 heavy (non-hydrogen) atoms. The number of aromatic nitrogens is 1. The Hall–Kier alpha value is -1.66. The molecule has 0 N–H and O–H groups in total. The first-order valence-corrected chi connectivity index (χ1v) is 9.65. The number of carbonyl (C=O) groups excluding carboxylic acids is 1. The highest BCUT2D eigenvalue weighted by Gasteiger charge is 2.22. The number of nitrogens with zero attached hydrogens (tertiary/aromatic N) is 3. The van der Waals surface area contributed by atoms with Crippen molar-refractivity contribution < 1.29 is 4.79 Å². The topological polar surface area (TPSA) is 36.4 Å². The molecule has 0 saturated heterocycles. The number of benzene rings is 2. The molecule has 0 aliphatic rings. The van der Waals surface area contributed by atoms with Gasteiger partial charge in [-0.15, -0.1) is 12.4 Å². The van der Waals surface area contributed by atoms with Gasteiger partial charge in [0.05, 0.1) is 10.2 Å². The monoisotopic (exact) mass is 423 g/mol. The molecule has 0 spiro atoms. The van der Waals surface area contributed by atoms with E-state index in [2.05, 4.69) is 30.9 Å². The molecule has 0 atom stereocenters. The summed E-state index contributed by atoms with van der Waals surface area (Å²) in [7, 11) is 3.99. The maximum absolute atomic E-state index is 13.1. The molecule has 1 amide bonds. The summed E-state index contributed by atoms with van der Waals surface area (Å²) >= 11 is 7.51. The van der Waals surface area contributed by atoms with E-state index in [-0.39, 0.29) is 18.3 Å². The molecule has 0 saturated carbocycles. The number of rotatable bonds is 5. The van der Waals surface area contributed by atoms with Gasteiger partial charge in [0.25, 0.3) is 5.91 Å². The number of fused-ring (bicyclic) bond motifs is 1. The molecule has 144 valence electrons. The fraction of sp³-hybridized carbons (Fsp3) is 0.300. The molecule has 0 fully saturated rings. The van der Waals surface area contributed by atoms with Crippen LogP contribution in [-0.4, -0.2) is 43.0 Å². The summed E-state index contributed by atoms with van der Waals surface area (Å²) < 4.78 is 1.10. The number of thiazole rings is 1. The van der Waals surface area contributed by atoms with Crippen molar-refractivity contribution in [3.8, 4) is 0 Å². The highest BCUT2D eigenvalue weighted by Crippen LogP contribution is 2.32. The first-order chi connectivity index (χ1) is 12.4. The van der Waals surface area contributed by atoms with Crippen molar-refractivity contribution in [2.75, 3.05) is 32.1 Å². The van der Waals surface area contributed by atoms with E-state index in [1.807, 2.05) is 14.1 Å². The smallest absolute Gasteiger partial charge is 0.260 e. The maximum atomic E-state index is 13.1. The van der Waals surface area contributed by atoms with Gasteiger partial charge in [-0.1, -0.05) is 29.0 Å². The molecule has 4 nitrogen and oxygen atoms in total. The summed E-state index contributed by atoms with van der Waals surface area (Å²) in [5.41, 5.74) is 3.96. The van der Waals surface area contributed by atoms with Crippen LogP contribution >= 0.6 is 35.3 Å². The maximum Gasteiger partial charge on any atom is 0.260 e. The number of carbonyl (C=O) groups is 1. The van der Waals surface area contributed by atoms with Crippen LogP contribution in [0.2, 0.25) is 5.02 Å². The van der Waals surface area contributed by atoms with Gasteiger partial charge in [0, 0.05) is 23.7 Å². The van der Waals surface area contributed by atoms with Crippen LogP contribution in [0.25, 0.3) is 10.2 Å². The van der Waals surface area contributed by atoms with E-state index < -0.39 is 0 Å². The highest BCUT2D eigenvalue weighted by atomic mass is 35.5. The second kappa shape index (κ2) is 9.02. The van der Waals surface area contributed by atoms with Crippen molar-refractivity contribution in [1.29, 1.82) is 0 Å². The molecule has 1 heterocycles. The Labute approximate surface area is 175 Å². The zero-order valence-electron chi connectivity index (χ0n) is 15.8. The van der Waals surface area contributed by atoms with Crippen LogP contribution in [0.15, 0.2) is 36.4 Å². The Morgan fingerprint density at radius 3 is 2.37 bits per heavy atom. The highest BCUT2D eigenvalue weighted by molar-refractivity contribution is 7.22. The van der Waals surface area contributed by atoms with Gasteiger partial charge >= 0.3 is 0 Å².